The van der Waals surface area contributed by atoms with Crippen LogP contribution in [0.1, 0.15) is 42.5 Å². The Labute approximate surface area is 115 Å². The Morgan fingerprint density at radius 1 is 1.47 bits per heavy atom. The predicted octanol–water partition coefficient (Wildman–Crippen LogP) is 3.36. The van der Waals surface area contributed by atoms with E-state index in [4.69, 9.17) is 10.8 Å². The molecule has 1 saturated carbocycles. The summed E-state index contributed by atoms with van der Waals surface area (Å²) in [5, 5.41) is 0. The Hall–Kier alpha value is -0.390. The molecule has 0 bridgehead atoms. The first kappa shape index (κ1) is 13.1. The van der Waals surface area contributed by atoms with Gasteiger partial charge in [-0.2, -0.15) is 0 Å². The molecular weight excluding hydrogens is 298 g/mol. The lowest BCUT2D eigenvalue weighted by molar-refractivity contribution is 0.442. The minimum atomic E-state index is 0.441. The van der Waals surface area contributed by atoms with Crippen LogP contribution in [0.2, 0.25) is 0 Å². The van der Waals surface area contributed by atoms with Crippen LogP contribution in [0.3, 0.4) is 0 Å². The monoisotopic (exact) mass is 315 g/mol. The highest BCUT2D eigenvalue weighted by atomic mass is 79.9. The van der Waals surface area contributed by atoms with Crippen molar-refractivity contribution in [2.24, 2.45) is 10.8 Å². The van der Waals surface area contributed by atoms with E-state index in [-0.39, 0.29) is 0 Å². The Balaban J connectivity index is 2.16. The van der Waals surface area contributed by atoms with Crippen LogP contribution < -0.4 is 11.3 Å². The number of hydrogen-bond acceptors (Lipinski definition) is 3. The molecular formula is C12H18BrN3S. The molecule has 1 aliphatic rings. The normalized spacial score (nSPS) is 18.4. The number of halogens is 1. The summed E-state index contributed by atoms with van der Waals surface area (Å²) in [6.45, 7) is 2.08. The SMILES string of the molecule is Cc1cc(C(=NC2CCCCC2)NN)sc1Br. The van der Waals surface area contributed by atoms with E-state index >= 15 is 0 Å². The molecule has 0 unspecified atom stereocenters. The average Bonchev–Trinajstić information content (AvgIpc) is 2.68. The van der Waals surface area contributed by atoms with Crippen molar-refractivity contribution in [2.75, 3.05) is 0 Å². The third-order valence-corrected chi connectivity index (χ3v) is 5.26. The molecule has 1 aliphatic carbocycles. The molecule has 1 heterocycles. The highest BCUT2D eigenvalue weighted by Crippen LogP contribution is 2.28. The number of nitrogens with zero attached hydrogens (tertiary/aromatic N) is 1. The Kier molecular flexibility index (Phi) is 4.59. The fourth-order valence-corrected chi connectivity index (χ4v) is 3.64. The van der Waals surface area contributed by atoms with Gasteiger partial charge < -0.3 is 5.43 Å². The van der Waals surface area contributed by atoms with Crippen LogP contribution >= 0.6 is 27.3 Å². The number of nitrogens with two attached hydrogens (primary N) is 1. The first-order chi connectivity index (χ1) is 8.20. The van der Waals surface area contributed by atoms with Crippen molar-refractivity contribution in [1.29, 1.82) is 0 Å². The molecule has 1 aromatic rings. The van der Waals surface area contributed by atoms with Crippen LogP contribution in [0.15, 0.2) is 14.8 Å². The Bertz CT molecular complexity index is 388. The van der Waals surface area contributed by atoms with E-state index in [0.29, 0.717) is 6.04 Å². The fourth-order valence-electron chi connectivity index (χ4n) is 2.14. The van der Waals surface area contributed by atoms with Gasteiger partial charge in [0.15, 0.2) is 5.84 Å². The fraction of sp³-hybridized carbons (Fsp3) is 0.583. The van der Waals surface area contributed by atoms with Gasteiger partial charge in [-0.15, -0.1) is 11.3 Å². The summed E-state index contributed by atoms with van der Waals surface area (Å²) in [5.41, 5.74) is 3.98. The number of aliphatic imine (C=N–C) groups is 1. The molecule has 0 aliphatic heterocycles. The van der Waals surface area contributed by atoms with Gasteiger partial charge in [0.25, 0.3) is 0 Å². The zero-order valence-electron chi connectivity index (χ0n) is 10.0. The third-order valence-electron chi connectivity index (χ3n) is 3.11. The maximum Gasteiger partial charge on any atom is 0.153 e. The van der Waals surface area contributed by atoms with Crippen LogP contribution in [-0.2, 0) is 0 Å². The van der Waals surface area contributed by atoms with Crippen LogP contribution in [0.25, 0.3) is 0 Å². The van der Waals surface area contributed by atoms with Gasteiger partial charge in [-0.3, -0.25) is 4.99 Å². The number of rotatable bonds is 2. The smallest absolute Gasteiger partial charge is 0.153 e. The van der Waals surface area contributed by atoms with Gasteiger partial charge in [-0.05, 0) is 47.3 Å². The Morgan fingerprint density at radius 3 is 2.71 bits per heavy atom. The van der Waals surface area contributed by atoms with Crippen molar-refractivity contribution in [3.63, 3.8) is 0 Å². The zero-order valence-corrected chi connectivity index (χ0v) is 12.4. The van der Waals surface area contributed by atoms with Crippen molar-refractivity contribution in [3.8, 4) is 0 Å². The van der Waals surface area contributed by atoms with Crippen molar-refractivity contribution in [1.82, 2.24) is 5.43 Å². The van der Waals surface area contributed by atoms with E-state index in [9.17, 15) is 0 Å². The van der Waals surface area contributed by atoms with E-state index < -0.39 is 0 Å². The number of hydrogen-bond donors (Lipinski definition) is 2. The minimum absolute atomic E-state index is 0.441. The second kappa shape index (κ2) is 5.98. The molecule has 0 atom stereocenters. The summed E-state index contributed by atoms with van der Waals surface area (Å²) >= 11 is 5.21. The molecule has 2 rings (SSSR count). The minimum Gasteiger partial charge on any atom is -0.308 e. The summed E-state index contributed by atoms with van der Waals surface area (Å²) in [7, 11) is 0. The molecule has 0 aromatic carbocycles. The van der Waals surface area contributed by atoms with Gasteiger partial charge in [0.05, 0.1) is 14.7 Å². The molecule has 17 heavy (non-hydrogen) atoms. The lowest BCUT2D eigenvalue weighted by Crippen LogP contribution is -2.32. The molecule has 3 N–H and O–H groups in total. The number of nitrogens with one attached hydrogen (secondary N) is 1. The highest BCUT2D eigenvalue weighted by Gasteiger charge is 2.15. The van der Waals surface area contributed by atoms with Crippen molar-refractivity contribution in [2.45, 2.75) is 45.1 Å². The van der Waals surface area contributed by atoms with Crippen LogP contribution in [0, 0.1) is 6.92 Å². The maximum absolute atomic E-state index is 5.59. The molecule has 0 saturated heterocycles. The number of amidine groups is 1. The molecule has 94 valence electrons. The molecule has 0 spiro atoms. The summed E-state index contributed by atoms with van der Waals surface area (Å²) in [6.07, 6.45) is 6.31. The second-order valence-corrected chi connectivity index (χ2v) is 6.85. The van der Waals surface area contributed by atoms with Gasteiger partial charge in [0.2, 0.25) is 0 Å². The summed E-state index contributed by atoms with van der Waals surface area (Å²) in [5.74, 6) is 6.42. The van der Waals surface area contributed by atoms with Crippen LogP contribution in [0.4, 0.5) is 0 Å². The number of aryl methyl sites for hydroxylation is 1. The van der Waals surface area contributed by atoms with E-state index in [1.54, 1.807) is 11.3 Å². The topological polar surface area (TPSA) is 50.4 Å². The van der Waals surface area contributed by atoms with Crippen molar-refractivity contribution in [3.05, 3.63) is 20.3 Å². The Morgan fingerprint density at radius 2 is 2.18 bits per heavy atom. The highest BCUT2D eigenvalue weighted by molar-refractivity contribution is 9.11. The molecule has 0 amide bonds. The quantitative estimate of drug-likeness (QED) is 0.380. The zero-order chi connectivity index (χ0) is 12.3. The first-order valence-electron chi connectivity index (χ1n) is 6.01. The molecule has 0 radical (unpaired) electrons. The van der Waals surface area contributed by atoms with Crippen LogP contribution in [0.5, 0.6) is 0 Å². The van der Waals surface area contributed by atoms with Gasteiger partial charge in [0, 0.05) is 0 Å². The van der Waals surface area contributed by atoms with Gasteiger partial charge in [-0.25, -0.2) is 5.84 Å². The van der Waals surface area contributed by atoms with E-state index in [2.05, 4.69) is 34.3 Å². The molecule has 1 fully saturated rings. The first-order valence-corrected chi connectivity index (χ1v) is 7.62. The number of thiophene rings is 1. The lowest BCUT2D eigenvalue weighted by atomic mass is 9.96. The number of hydrazine groups is 1. The van der Waals surface area contributed by atoms with E-state index in [0.717, 1.165) is 14.5 Å². The predicted molar refractivity (Wildman–Crippen MR) is 77.5 cm³/mol. The van der Waals surface area contributed by atoms with Crippen molar-refractivity contribution < 1.29 is 0 Å². The summed E-state index contributed by atoms with van der Waals surface area (Å²) in [6, 6.07) is 2.56. The largest absolute Gasteiger partial charge is 0.308 e. The molecule has 5 heteroatoms. The van der Waals surface area contributed by atoms with E-state index in [1.165, 1.54) is 37.7 Å². The van der Waals surface area contributed by atoms with Gasteiger partial charge in [0.1, 0.15) is 0 Å². The molecule has 3 nitrogen and oxygen atoms in total. The van der Waals surface area contributed by atoms with Crippen molar-refractivity contribution >= 4 is 33.1 Å². The second-order valence-electron chi connectivity index (χ2n) is 4.48. The van der Waals surface area contributed by atoms with E-state index in [1.807, 2.05) is 0 Å². The van der Waals surface area contributed by atoms with Crippen LogP contribution in [-0.4, -0.2) is 11.9 Å². The average molecular weight is 316 g/mol. The molecule has 1 aromatic heterocycles. The van der Waals surface area contributed by atoms with Gasteiger partial charge in [-0.1, -0.05) is 19.3 Å². The third kappa shape index (κ3) is 3.30. The maximum atomic E-state index is 5.59. The summed E-state index contributed by atoms with van der Waals surface area (Å²) in [4.78, 5) is 5.86. The summed E-state index contributed by atoms with van der Waals surface area (Å²) < 4.78 is 1.15. The standard InChI is InChI=1S/C12H18BrN3S/c1-8-7-10(17-11(8)13)12(16-14)15-9-5-3-2-4-6-9/h7,9H,2-6,14H2,1H3,(H,15,16). The lowest BCUT2D eigenvalue weighted by Gasteiger charge is -2.18. The van der Waals surface area contributed by atoms with Gasteiger partial charge >= 0.3 is 0 Å².